The van der Waals surface area contributed by atoms with Crippen LogP contribution in [0.5, 0.6) is 0 Å². The molecule has 0 radical (unpaired) electrons. The molecule has 0 aliphatic heterocycles. The Morgan fingerprint density at radius 1 is 1.53 bits per heavy atom. The van der Waals surface area contributed by atoms with Gasteiger partial charge in [0.2, 0.25) is 5.91 Å². The summed E-state index contributed by atoms with van der Waals surface area (Å²) < 4.78 is 0.147. The molecular weight excluding hydrogens is 320 g/mol. The van der Waals surface area contributed by atoms with Crippen LogP contribution >= 0.6 is 15.9 Å². The topological polar surface area (TPSA) is 124 Å². The van der Waals surface area contributed by atoms with Crippen LogP contribution in [0.15, 0.2) is 22.7 Å². The lowest BCUT2D eigenvalue weighted by Gasteiger charge is -2.21. The molecule has 1 amide bonds. The van der Waals surface area contributed by atoms with Gasteiger partial charge >= 0.3 is 5.97 Å². The standard InChI is InChI=1S/C11H11BrN2O5/c1-11(9(13)15,10(16)17)5-6-3-2-4-7(8(6)12)14(18)19/h2-4H,5H2,1H3,(H2,13,15)(H,16,17). The molecule has 1 rings (SSSR count). The maximum atomic E-state index is 11.3. The lowest BCUT2D eigenvalue weighted by molar-refractivity contribution is -0.385. The number of carboxylic acid groups (broad SMARTS) is 1. The van der Waals surface area contributed by atoms with Crippen LogP contribution in [0.3, 0.4) is 0 Å². The van der Waals surface area contributed by atoms with E-state index in [9.17, 15) is 19.7 Å². The van der Waals surface area contributed by atoms with E-state index in [0.29, 0.717) is 5.56 Å². The summed E-state index contributed by atoms with van der Waals surface area (Å²) in [6.07, 6.45) is -0.236. The number of hydrogen-bond acceptors (Lipinski definition) is 4. The third kappa shape index (κ3) is 2.90. The number of carboxylic acids is 1. The molecule has 0 saturated heterocycles. The first-order valence-corrected chi connectivity index (χ1v) is 5.94. The van der Waals surface area contributed by atoms with Gasteiger partial charge in [-0.2, -0.15) is 0 Å². The van der Waals surface area contributed by atoms with Crippen LogP contribution in [-0.4, -0.2) is 21.9 Å². The lowest BCUT2D eigenvalue weighted by atomic mass is 9.83. The van der Waals surface area contributed by atoms with Crippen molar-refractivity contribution in [2.24, 2.45) is 11.1 Å². The van der Waals surface area contributed by atoms with Crippen molar-refractivity contribution in [1.82, 2.24) is 0 Å². The minimum absolute atomic E-state index is 0.147. The monoisotopic (exact) mass is 330 g/mol. The van der Waals surface area contributed by atoms with Crippen molar-refractivity contribution in [2.45, 2.75) is 13.3 Å². The SMILES string of the molecule is CC(Cc1cccc([N+](=O)[O-])c1Br)(C(N)=O)C(=O)O. The summed E-state index contributed by atoms with van der Waals surface area (Å²) in [6, 6.07) is 4.19. The molecule has 0 saturated carbocycles. The Hall–Kier alpha value is -1.96. The Morgan fingerprint density at radius 3 is 2.53 bits per heavy atom. The molecule has 7 nitrogen and oxygen atoms in total. The van der Waals surface area contributed by atoms with Crippen LogP contribution in [0, 0.1) is 15.5 Å². The lowest BCUT2D eigenvalue weighted by Crippen LogP contribution is -2.43. The summed E-state index contributed by atoms with van der Waals surface area (Å²) in [5.74, 6) is -2.38. The fraction of sp³-hybridized carbons (Fsp3) is 0.273. The van der Waals surface area contributed by atoms with Crippen LogP contribution in [-0.2, 0) is 16.0 Å². The van der Waals surface area contributed by atoms with Crippen molar-refractivity contribution in [2.75, 3.05) is 0 Å². The highest BCUT2D eigenvalue weighted by Gasteiger charge is 2.40. The second kappa shape index (κ2) is 5.35. The summed E-state index contributed by atoms with van der Waals surface area (Å²) in [4.78, 5) is 32.6. The van der Waals surface area contributed by atoms with Crippen molar-refractivity contribution in [3.05, 3.63) is 38.3 Å². The Bertz CT molecular complexity index is 544. The molecule has 0 spiro atoms. The van der Waals surface area contributed by atoms with Crippen LogP contribution < -0.4 is 5.73 Å². The molecule has 8 heteroatoms. The Morgan fingerprint density at radius 2 is 2.11 bits per heavy atom. The highest BCUT2D eigenvalue weighted by atomic mass is 79.9. The molecule has 1 atom stereocenters. The number of halogens is 1. The third-order valence-electron chi connectivity index (χ3n) is 2.81. The first kappa shape index (κ1) is 15.1. The molecule has 0 aromatic heterocycles. The largest absolute Gasteiger partial charge is 0.480 e. The Balaban J connectivity index is 3.26. The predicted molar refractivity (Wildman–Crippen MR) is 69.4 cm³/mol. The number of carbonyl (C=O) groups excluding carboxylic acids is 1. The van der Waals surface area contributed by atoms with Gasteiger partial charge < -0.3 is 10.8 Å². The van der Waals surface area contributed by atoms with E-state index in [2.05, 4.69) is 15.9 Å². The molecule has 0 aliphatic rings. The van der Waals surface area contributed by atoms with E-state index in [1.165, 1.54) is 25.1 Å². The summed E-state index contributed by atoms with van der Waals surface area (Å²) in [6.45, 7) is 1.18. The van der Waals surface area contributed by atoms with Crippen LogP contribution in [0.25, 0.3) is 0 Å². The average molecular weight is 331 g/mol. The maximum Gasteiger partial charge on any atom is 0.319 e. The van der Waals surface area contributed by atoms with Gasteiger partial charge in [-0.3, -0.25) is 19.7 Å². The van der Waals surface area contributed by atoms with Gasteiger partial charge in [-0.25, -0.2) is 0 Å². The van der Waals surface area contributed by atoms with E-state index in [4.69, 9.17) is 10.8 Å². The number of nitro benzene ring substituents is 1. The van der Waals surface area contributed by atoms with Gasteiger partial charge in [0.05, 0.1) is 9.40 Å². The summed E-state index contributed by atoms with van der Waals surface area (Å²) in [5, 5.41) is 19.9. The van der Waals surface area contributed by atoms with Gasteiger partial charge in [0.15, 0.2) is 0 Å². The zero-order valence-electron chi connectivity index (χ0n) is 9.92. The van der Waals surface area contributed by atoms with Crippen molar-refractivity contribution in [1.29, 1.82) is 0 Å². The number of nitrogens with zero attached hydrogens (tertiary/aromatic N) is 1. The van der Waals surface area contributed by atoms with Crippen molar-refractivity contribution < 1.29 is 19.6 Å². The predicted octanol–water partition coefficient (Wildman–Crippen LogP) is 1.48. The quantitative estimate of drug-likeness (QED) is 0.480. The number of carbonyl (C=O) groups is 2. The molecule has 1 aromatic rings. The minimum Gasteiger partial charge on any atom is -0.480 e. The molecule has 0 bridgehead atoms. The van der Waals surface area contributed by atoms with Gasteiger partial charge in [-0.05, 0) is 34.8 Å². The zero-order valence-corrected chi connectivity index (χ0v) is 11.5. The van der Waals surface area contributed by atoms with E-state index in [1.807, 2.05) is 0 Å². The first-order valence-electron chi connectivity index (χ1n) is 5.15. The highest BCUT2D eigenvalue weighted by Crippen LogP contribution is 2.33. The molecule has 0 heterocycles. The number of amides is 1. The molecule has 1 aromatic carbocycles. The summed E-state index contributed by atoms with van der Waals surface area (Å²) in [5.41, 5.74) is 3.41. The third-order valence-corrected chi connectivity index (χ3v) is 3.73. The number of aliphatic carboxylic acids is 1. The molecule has 102 valence electrons. The van der Waals surface area contributed by atoms with Crippen molar-refractivity contribution in [3.63, 3.8) is 0 Å². The number of rotatable bonds is 5. The second-order valence-electron chi connectivity index (χ2n) is 4.19. The molecular formula is C11H11BrN2O5. The molecule has 1 unspecified atom stereocenters. The van der Waals surface area contributed by atoms with Gasteiger partial charge in [0, 0.05) is 6.07 Å². The van der Waals surface area contributed by atoms with Crippen molar-refractivity contribution >= 4 is 33.5 Å². The van der Waals surface area contributed by atoms with Crippen LogP contribution in [0.2, 0.25) is 0 Å². The van der Waals surface area contributed by atoms with E-state index in [-0.39, 0.29) is 16.6 Å². The molecule has 0 fully saturated rings. The number of primary amides is 1. The van der Waals surface area contributed by atoms with E-state index >= 15 is 0 Å². The molecule has 19 heavy (non-hydrogen) atoms. The van der Waals surface area contributed by atoms with Crippen LogP contribution in [0.4, 0.5) is 5.69 Å². The van der Waals surface area contributed by atoms with Gasteiger partial charge in [0.1, 0.15) is 5.41 Å². The fourth-order valence-electron chi connectivity index (χ4n) is 1.49. The Kier molecular flexibility index (Phi) is 4.25. The van der Waals surface area contributed by atoms with E-state index in [1.54, 1.807) is 0 Å². The number of nitro groups is 1. The minimum atomic E-state index is -1.82. The highest BCUT2D eigenvalue weighted by molar-refractivity contribution is 9.10. The molecule has 3 N–H and O–H groups in total. The number of benzene rings is 1. The second-order valence-corrected chi connectivity index (χ2v) is 4.98. The smallest absolute Gasteiger partial charge is 0.319 e. The number of nitrogens with two attached hydrogens (primary N) is 1. The summed E-state index contributed by atoms with van der Waals surface area (Å²) in [7, 11) is 0. The molecule has 0 aliphatic carbocycles. The van der Waals surface area contributed by atoms with Gasteiger partial charge in [0.25, 0.3) is 5.69 Å². The van der Waals surface area contributed by atoms with Gasteiger partial charge in [-0.1, -0.05) is 12.1 Å². The summed E-state index contributed by atoms with van der Waals surface area (Å²) >= 11 is 3.05. The van der Waals surface area contributed by atoms with E-state index in [0.717, 1.165) is 0 Å². The number of hydrogen-bond donors (Lipinski definition) is 2. The van der Waals surface area contributed by atoms with Crippen molar-refractivity contribution in [3.8, 4) is 0 Å². The normalized spacial score (nSPS) is 13.6. The maximum absolute atomic E-state index is 11.3. The fourth-order valence-corrected chi connectivity index (χ4v) is 2.04. The zero-order chi connectivity index (χ0) is 14.8. The Labute approximate surface area is 116 Å². The van der Waals surface area contributed by atoms with Gasteiger partial charge in [-0.15, -0.1) is 0 Å². The average Bonchev–Trinajstić information content (AvgIpc) is 2.30. The van der Waals surface area contributed by atoms with E-state index < -0.39 is 22.2 Å². The van der Waals surface area contributed by atoms with Crippen LogP contribution in [0.1, 0.15) is 12.5 Å². The first-order chi connectivity index (χ1) is 8.70.